The minimum absolute atomic E-state index is 0.0442. The molecule has 21 heavy (non-hydrogen) atoms. The van der Waals surface area contributed by atoms with Gasteiger partial charge in [-0.2, -0.15) is 0 Å². The van der Waals surface area contributed by atoms with E-state index in [-0.39, 0.29) is 6.54 Å². The van der Waals surface area contributed by atoms with Crippen LogP contribution in [0.1, 0.15) is 5.56 Å². The molecule has 2 rings (SSSR count). The van der Waals surface area contributed by atoms with Crippen molar-refractivity contribution in [2.45, 2.75) is 6.54 Å². The number of anilines is 1. The van der Waals surface area contributed by atoms with E-state index in [2.05, 4.69) is 26.6 Å². The molecule has 0 bridgehead atoms. The lowest BCUT2D eigenvalue weighted by Gasteiger charge is -2.07. The molecule has 0 heterocycles. The quantitative estimate of drug-likeness (QED) is 0.836. The molecule has 108 valence electrons. The number of hydrogen-bond acceptors (Lipinski definition) is 2. The van der Waals surface area contributed by atoms with Crippen LogP contribution in [0.5, 0.6) is 0 Å². The van der Waals surface area contributed by atoms with Gasteiger partial charge >= 0.3 is 11.8 Å². The van der Waals surface area contributed by atoms with Crippen LogP contribution in [-0.4, -0.2) is 11.8 Å². The molecule has 0 spiro atoms. The summed E-state index contributed by atoms with van der Waals surface area (Å²) >= 11 is 3.26. The second-order valence-electron chi connectivity index (χ2n) is 4.24. The zero-order valence-corrected chi connectivity index (χ0v) is 12.5. The van der Waals surface area contributed by atoms with Crippen LogP contribution >= 0.6 is 15.9 Å². The van der Waals surface area contributed by atoms with Gasteiger partial charge in [0.2, 0.25) is 0 Å². The first-order valence-corrected chi connectivity index (χ1v) is 6.94. The van der Waals surface area contributed by atoms with Crippen LogP contribution in [0.4, 0.5) is 10.1 Å². The average Bonchev–Trinajstić information content (AvgIpc) is 2.46. The largest absolute Gasteiger partial charge is 0.344 e. The number of benzene rings is 2. The molecule has 0 aromatic heterocycles. The molecule has 0 unspecified atom stereocenters. The zero-order chi connectivity index (χ0) is 15.2. The Kier molecular flexibility index (Phi) is 5.05. The minimum Gasteiger partial charge on any atom is -0.344 e. The Bertz CT molecular complexity index is 676. The van der Waals surface area contributed by atoms with Crippen LogP contribution in [0.3, 0.4) is 0 Å². The van der Waals surface area contributed by atoms with Gasteiger partial charge in [0.15, 0.2) is 0 Å². The molecule has 6 heteroatoms. The van der Waals surface area contributed by atoms with Gasteiger partial charge in [0.1, 0.15) is 5.82 Å². The van der Waals surface area contributed by atoms with E-state index >= 15 is 0 Å². The molecule has 0 aliphatic carbocycles. The predicted molar refractivity (Wildman–Crippen MR) is 81.0 cm³/mol. The van der Waals surface area contributed by atoms with Gasteiger partial charge in [-0.25, -0.2) is 4.39 Å². The summed E-state index contributed by atoms with van der Waals surface area (Å²) in [5.74, 6) is -2.05. The summed E-state index contributed by atoms with van der Waals surface area (Å²) in [5.41, 5.74) is 0.816. The second-order valence-corrected chi connectivity index (χ2v) is 5.15. The Morgan fingerprint density at radius 1 is 1.05 bits per heavy atom. The van der Waals surface area contributed by atoms with Crippen molar-refractivity contribution in [3.63, 3.8) is 0 Å². The fraction of sp³-hybridized carbons (Fsp3) is 0.0667. The highest BCUT2D eigenvalue weighted by atomic mass is 79.9. The molecule has 2 amide bonds. The molecule has 4 nitrogen and oxygen atoms in total. The SMILES string of the molecule is O=C(NCc1ccccc1F)C(=O)Nc1cccc(Br)c1. The van der Waals surface area contributed by atoms with Gasteiger partial charge in [-0.1, -0.05) is 40.2 Å². The van der Waals surface area contributed by atoms with Crippen molar-refractivity contribution in [1.82, 2.24) is 5.32 Å². The van der Waals surface area contributed by atoms with E-state index in [1.807, 2.05) is 0 Å². The monoisotopic (exact) mass is 350 g/mol. The lowest BCUT2D eigenvalue weighted by molar-refractivity contribution is -0.136. The summed E-state index contributed by atoms with van der Waals surface area (Å²) < 4.78 is 14.2. The van der Waals surface area contributed by atoms with Crippen molar-refractivity contribution in [2.24, 2.45) is 0 Å². The van der Waals surface area contributed by atoms with Gasteiger partial charge in [-0.15, -0.1) is 0 Å². The average molecular weight is 351 g/mol. The number of rotatable bonds is 3. The maximum Gasteiger partial charge on any atom is 0.313 e. The van der Waals surface area contributed by atoms with Crippen molar-refractivity contribution in [3.05, 3.63) is 64.4 Å². The second kappa shape index (κ2) is 6.99. The molecular weight excluding hydrogens is 339 g/mol. The third-order valence-electron chi connectivity index (χ3n) is 2.69. The van der Waals surface area contributed by atoms with Crippen LogP contribution in [-0.2, 0) is 16.1 Å². The molecule has 2 aromatic rings. The van der Waals surface area contributed by atoms with Crippen molar-refractivity contribution >= 4 is 33.4 Å². The summed E-state index contributed by atoms with van der Waals surface area (Å²) in [7, 11) is 0. The molecule has 0 atom stereocenters. The number of nitrogens with one attached hydrogen (secondary N) is 2. The van der Waals surface area contributed by atoms with Gasteiger partial charge in [0, 0.05) is 22.3 Å². The van der Waals surface area contributed by atoms with E-state index in [1.165, 1.54) is 6.07 Å². The van der Waals surface area contributed by atoms with Crippen LogP contribution in [0.15, 0.2) is 53.0 Å². The highest BCUT2D eigenvalue weighted by Crippen LogP contribution is 2.15. The highest BCUT2D eigenvalue weighted by molar-refractivity contribution is 9.10. The molecule has 0 aliphatic heterocycles. The van der Waals surface area contributed by atoms with Crippen LogP contribution in [0.25, 0.3) is 0 Å². The van der Waals surface area contributed by atoms with Gasteiger partial charge in [0.25, 0.3) is 0 Å². The fourth-order valence-electron chi connectivity index (χ4n) is 1.65. The normalized spacial score (nSPS) is 10.0. The lowest BCUT2D eigenvalue weighted by atomic mass is 10.2. The topological polar surface area (TPSA) is 58.2 Å². The van der Waals surface area contributed by atoms with E-state index in [4.69, 9.17) is 0 Å². The number of halogens is 2. The summed E-state index contributed by atoms with van der Waals surface area (Å²) in [6.07, 6.45) is 0. The number of carbonyl (C=O) groups excluding carboxylic acids is 2. The van der Waals surface area contributed by atoms with Crippen LogP contribution in [0, 0.1) is 5.82 Å². The smallest absolute Gasteiger partial charge is 0.313 e. The molecule has 2 aromatic carbocycles. The molecule has 0 saturated carbocycles. The first kappa shape index (κ1) is 15.2. The maximum absolute atomic E-state index is 13.4. The summed E-state index contributed by atoms with van der Waals surface area (Å²) in [6, 6.07) is 12.9. The molecular formula is C15H12BrFN2O2. The Morgan fingerprint density at radius 3 is 2.52 bits per heavy atom. The van der Waals surface area contributed by atoms with Crippen LogP contribution in [0.2, 0.25) is 0 Å². The number of amides is 2. The maximum atomic E-state index is 13.4. The fourth-order valence-corrected chi connectivity index (χ4v) is 2.05. The Balaban J connectivity index is 1.91. The van der Waals surface area contributed by atoms with Gasteiger partial charge in [-0.3, -0.25) is 9.59 Å². The number of carbonyl (C=O) groups is 2. The first-order chi connectivity index (χ1) is 10.1. The first-order valence-electron chi connectivity index (χ1n) is 6.14. The van der Waals surface area contributed by atoms with Crippen molar-refractivity contribution < 1.29 is 14.0 Å². The van der Waals surface area contributed by atoms with Crippen molar-refractivity contribution in [3.8, 4) is 0 Å². The Labute approximate surface area is 129 Å². The van der Waals surface area contributed by atoms with E-state index in [0.717, 1.165) is 4.47 Å². The van der Waals surface area contributed by atoms with Crippen molar-refractivity contribution in [1.29, 1.82) is 0 Å². The highest BCUT2D eigenvalue weighted by Gasteiger charge is 2.14. The third-order valence-corrected chi connectivity index (χ3v) is 3.18. The zero-order valence-electron chi connectivity index (χ0n) is 10.9. The standard InChI is InChI=1S/C15H12BrFN2O2/c16-11-5-3-6-12(8-11)19-15(21)14(20)18-9-10-4-1-2-7-13(10)17/h1-8H,9H2,(H,18,20)(H,19,21). The van der Waals surface area contributed by atoms with Crippen LogP contribution < -0.4 is 10.6 Å². The molecule has 2 N–H and O–H groups in total. The molecule has 0 aliphatic rings. The lowest BCUT2D eigenvalue weighted by Crippen LogP contribution is -2.35. The summed E-state index contributed by atoms with van der Waals surface area (Å²) in [4.78, 5) is 23.4. The Morgan fingerprint density at radius 2 is 1.81 bits per heavy atom. The minimum atomic E-state index is -0.821. The van der Waals surface area contributed by atoms with Gasteiger partial charge in [0.05, 0.1) is 0 Å². The van der Waals surface area contributed by atoms with E-state index < -0.39 is 17.6 Å². The van der Waals surface area contributed by atoms with Gasteiger partial charge < -0.3 is 10.6 Å². The van der Waals surface area contributed by atoms with E-state index in [9.17, 15) is 14.0 Å². The summed E-state index contributed by atoms with van der Waals surface area (Å²) in [6.45, 7) is -0.0442. The molecule has 0 fully saturated rings. The molecule has 0 radical (unpaired) electrons. The number of hydrogen-bond donors (Lipinski definition) is 2. The Hall–Kier alpha value is -2.21. The van der Waals surface area contributed by atoms with E-state index in [1.54, 1.807) is 42.5 Å². The van der Waals surface area contributed by atoms with Crippen molar-refractivity contribution in [2.75, 3.05) is 5.32 Å². The van der Waals surface area contributed by atoms with Gasteiger partial charge in [-0.05, 0) is 24.3 Å². The predicted octanol–water partition coefficient (Wildman–Crippen LogP) is 2.84. The summed E-state index contributed by atoms with van der Waals surface area (Å²) in [5, 5.41) is 4.83. The molecule has 0 saturated heterocycles. The van der Waals surface area contributed by atoms with E-state index in [0.29, 0.717) is 11.3 Å². The third kappa shape index (κ3) is 4.39.